The third-order valence-corrected chi connectivity index (χ3v) is 8.20. The highest BCUT2D eigenvalue weighted by Crippen LogP contribution is 2.45. The lowest BCUT2D eigenvalue weighted by atomic mass is 10.0. The number of halogens is 4. The molecule has 178 valence electrons. The number of nitrogens with zero attached hydrogens (tertiary/aromatic N) is 4. The summed E-state index contributed by atoms with van der Waals surface area (Å²) in [6.45, 7) is 9.98. The predicted molar refractivity (Wildman–Crippen MR) is 146 cm³/mol. The minimum atomic E-state index is 0.577. The monoisotopic (exact) mass is 535 g/mol. The molecule has 0 atom stereocenters. The molecule has 0 radical (unpaired) electrons. The summed E-state index contributed by atoms with van der Waals surface area (Å²) in [6, 6.07) is 7.92. The van der Waals surface area contributed by atoms with E-state index in [4.69, 9.17) is 46.4 Å². The fourth-order valence-electron chi connectivity index (χ4n) is 5.29. The molecule has 0 unspecified atom stereocenters. The van der Waals surface area contributed by atoms with Crippen LogP contribution in [0.2, 0.25) is 20.1 Å². The first-order chi connectivity index (χ1) is 16.4. The number of aromatic nitrogens is 2. The average Bonchev–Trinajstić information content (AvgIpc) is 3.29. The SMILES string of the molecule is CCN1C(=CC=C2CCCn3c2[n+](CC)c2cc(Cl)c(Cl)cc23)N(CC)c2cc(Cl)c(Cl)cc21. The van der Waals surface area contributed by atoms with Crippen LogP contribution in [0.15, 0.2) is 42.2 Å². The van der Waals surface area contributed by atoms with Crippen molar-refractivity contribution in [2.45, 2.75) is 46.7 Å². The highest BCUT2D eigenvalue weighted by molar-refractivity contribution is 6.43. The van der Waals surface area contributed by atoms with Crippen molar-refractivity contribution in [1.29, 1.82) is 0 Å². The molecule has 0 fully saturated rings. The van der Waals surface area contributed by atoms with E-state index >= 15 is 0 Å². The minimum Gasteiger partial charge on any atom is -0.326 e. The first-order valence-corrected chi connectivity index (χ1v) is 13.3. The van der Waals surface area contributed by atoms with E-state index < -0.39 is 0 Å². The number of hydrogen-bond donors (Lipinski definition) is 0. The Bertz CT molecular complexity index is 1280. The number of rotatable bonds is 4. The maximum absolute atomic E-state index is 6.39. The van der Waals surface area contributed by atoms with Crippen molar-refractivity contribution in [2.24, 2.45) is 0 Å². The van der Waals surface area contributed by atoms with Crippen LogP contribution in [0.3, 0.4) is 0 Å². The second kappa shape index (κ2) is 9.31. The zero-order valence-corrected chi connectivity index (χ0v) is 22.5. The fraction of sp³-hybridized carbons (Fsp3) is 0.346. The predicted octanol–water partition coefficient (Wildman–Crippen LogP) is 7.95. The largest absolute Gasteiger partial charge is 0.326 e. The Hall–Kier alpha value is -1.85. The Balaban J connectivity index is 1.65. The molecule has 3 aromatic rings. The molecule has 2 aliphatic rings. The van der Waals surface area contributed by atoms with Crippen molar-refractivity contribution < 1.29 is 4.57 Å². The molecule has 2 aromatic carbocycles. The van der Waals surface area contributed by atoms with E-state index in [2.05, 4.69) is 51.9 Å². The highest BCUT2D eigenvalue weighted by atomic mass is 35.5. The van der Waals surface area contributed by atoms with Gasteiger partial charge >= 0.3 is 0 Å². The van der Waals surface area contributed by atoms with Crippen LogP contribution in [0.5, 0.6) is 0 Å². The van der Waals surface area contributed by atoms with Gasteiger partial charge in [0.1, 0.15) is 5.82 Å². The van der Waals surface area contributed by atoms with E-state index in [0.717, 1.165) is 67.2 Å². The van der Waals surface area contributed by atoms with Gasteiger partial charge in [0.25, 0.3) is 5.82 Å². The Morgan fingerprint density at radius 1 is 0.824 bits per heavy atom. The number of benzene rings is 2. The van der Waals surface area contributed by atoms with Crippen molar-refractivity contribution in [3.63, 3.8) is 0 Å². The first-order valence-electron chi connectivity index (χ1n) is 11.8. The lowest BCUT2D eigenvalue weighted by Crippen LogP contribution is -2.37. The Kier molecular flexibility index (Phi) is 6.54. The minimum absolute atomic E-state index is 0.577. The van der Waals surface area contributed by atoms with Crippen LogP contribution in [0.1, 0.15) is 39.4 Å². The topological polar surface area (TPSA) is 15.3 Å². The van der Waals surface area contributed by atoms with Gasteiger partial charge in [0.05, 0.1) is 44.6 Å². The van der Waals surface area contributed by atoms with Crippen LogP contribution in [0.25, 0.3) is 16.6 Å². The molecule has 0 aliphatic carbocycles. The third-order valence-electron chi connectivity index (χ3n) is 6.76. The molecule has 4 nitrogen and oxygen atoms in total. The van der Waals surface area contributed by atoms with Gasteiger partial charge in [0.15, 0.2) is 11.0 Å². The summed E-state index contributed by atoms with van der Waals surface area (Å²) in [5.74, 6) is 2.36. The van der Waals surface area contributed by atoms with Crippen LogP contribution in [-0.4, -0.2) is 17.7 Å². The van der Waals surface area contributed by atoms with Crippen molar-refractivity contribution in [3.05, 3.63) is 68.2 Å². The number of fused-ring (bicyclic) bond motifs is 4. The first kappa shape index (κ1) is 23.9. The summed E-state index contributed by atoms with van der Waals surface area (Å²) < 4.78 is 4.73. The molecule has 0 amide bonds. The van der Waals surface area contributed by atoms with Crippen molar-refractivity contribution in [3.8, 4) is 0 Å². The summed E-state index contributed by atoms with van der Waals surface area (Å²) in [5.41, 5.74) is 5.74. The van der Waals surface area contributed by atoms with Crippen LogP contribution >= 0.6 is 46.4 Å². The van der Waals surface area contributed by atoms with Crippen LogP contribution in [0.4, 0.5) is 11.4 Å². The third kappa shape index (κ3) is 3.71. The molecule has 0 bridgehead atoms. The van der Waals surface area contributed by atoms with Gasteiger partial charge < -0.3 is 9.80 Å². The van der Waals surface area contributed by atoms with Gasteiger partial charge in [-0.05, 0) is 57.9 Å². The van der Waals surface area contributed by atoms with Gasteiger partial charge in [-0.3, -0.25) is 0 Å². The maximum Gasteiger partial charge on any atom is 0.285 e. The molecular weight excluding hydrogens is 510 g/mol. The van der Waals surface area contributed by atoms with Gasteiger partial charge in [0, 0.05) is 30.8 Å². The molecular formula is C26H27Cl4N4+. The normalized spacial score (nSPS) is 16.6. The second-order valence-electron chi connectivity index (χ2n) is 8.54. The standard InChI is InChI=1S/C26H27Cl4N4/c1-4-31-21-12-17(27)18(28)13-22(21)32(5-2)25(31)10-9-16-8-7-11-34-24-15-20(30)19(29)14-23(24)33(6-3)26(16)34/h9-10,12-15H,4-8,11H2,1-3H3/q+1. The average molecular weight is 537 g/mol. The van der Waals surface area contributed by atoms with Gasteiger partial charge in [-0.2, -0.15) is 0 Å². The van der Waals surface area contributed by atoms with E-state index in [0.29, 0.717) is 20.1 Å². The molecule has 34 heavy (non-hydrogen) atoms. The molecule has 0 spiro atoms. The summed E-state index contributed by atoms with van der Waals surface area (Å²) >= 11 is 25.5. The molecule has 5 rings (SSSR count). The van der Waals surface area contributed by atoms with Crippen LogP contribution in [-0.2, 0) is 13.1 Å². The van der Waals surface area contributed by atoms with Crippen LogP contribution in [0, 0.1) is 0 Å². The molecule has 0 saturated carbocycles. The highest BCUT2D eigenvalue weighted by Gasteiger charge is 2.33. The molecule has 0 N–H and O–H groups in total. The van der Waals surface area contributed by atoms with Crippen molar-refractivity contribution >= 4 is 74.4 Å². The van der Waals surface area contributed by atoms with E-state index in [1.165, 1.54) is 11.4 Å². The lowest BCUT2D eigenvalue weighted by molar-refractivity contribution is -0.671. The smallest absolute Gasteiger partial charge is 0.285 e. The number of aryl methyl sites for hydroxylation is 2. The molecule has 8 heteroatoms. The number of anilines is 2. The number of imidazole rings is 1. The molecule has 3 heterocycles. The van der Waals surface area contributed by atoms with Gasteiger partial charge in [-0.15, -0.1) is 0 Å². The van der Waals surface area contributed by atoms with Gasteiger partial charge in [-0.25, -0.2) is 9.13 Å². The Morgan fingerprint density at radius 2 is 1.41 bits per heavy atom. The fourth-order valence-corrected chi connectivity index (χ4v) is 5.92. The van der Waals surface area contributed by atoms with E-state index in [1.54, 1.807) is 0 Å². The number of hydrogen-bond acceptors (Lipinski definition) is 2. The Morgan fingerprint density at radius 3 is 2.00 bits per heavy atom. The molecule has 0 saturated heterocycles. The summed E-state index contributed by atoms with van der Waals surface area (Å²) in [7, 11) is 0. The van der Waals surface area contributed by atoms with E-state index in [1.807, 2.05) is 24.3 Å². The van der Waals surface area contributed by atoms with E-state index in [9.17, 15) is 0 Å². The van der Waals surface area contributed by atoms with Crippen LogP contribution < -0.4 is 14.4 Å². The number of allylic oxidation sites excluding steroid dienone is 3. The van der Waals surface area contributed by atoms with Crippen molar-refractivity contribution in [1.82, 2.24) is 4.57 Å². The lowest BCUT2D eigenvalue weighted by Gasteiger charge is -2.23. The van der Waals surface area contributed by atoms with Gasteiger partial charge in [0.2, 0.25) is 0 Å². The molecule has 1 aromatic heterocycles. The quantitative estimate of drug-likeness (QED) is 0.314. The summed E-state index contributed by atoms with van der Waals surface area (Å²) in [4.78, 5) is 4.59. The second-order valence-corrected chi connectivity index (χ2v) is 10.2. The summed E-state index contributed by atoms with van der Waals surface area (Å²) in [5, 5.41) is 2.33. The molecule has 2 aliphatic heterocycles. The maximum atomic E-state index is 6.39. The van der Waals surface area contributed by atoms with Gasteiger partial charge in [-0.1, -0.05) is 46.4 Å². The van der Waals surface area contributed by atoms with E-state index in [-0.39, 0.29) is 0 Å². The zero-order valence-electron chi connectivity index (χ0n) is 19.5. The van der Waals surface area contributed by atoms with Crippen molar-refractivity contribution in [2.75, 3.05) is 22.9 Å². The zero-order chi connectivity index (χ0) is 24.1. The summed E-state index contributed by atoms with van der Waals surface area (Å²) in [6.07, 6.45) is 6.60. The Labute approximate surface area is 220 Å².